The van der Waals surface area contributed by atoms with Crippen LogP contribution in [0.15, 0.2) is 0 Å². The number of esters is 2. The zero-order valence-corrected chi connectivity index (χ0v) is 22.5. The molecule has 0 aromatic carbocycles. The number of ether oxygens (including phenoxy) is 2. The molecule has 2 N–H and O–H groups in total. The van der Waals surface area contributed by atoms with E-state index < -0.39 is 0 Å². The molecule has 0 atom stereocenters. The fraction of sp³-hybridized carbons (Fsp3) is 0.929. The molecule has 0 radical (unpaired) electrons. The van der Waals surface area contributed by atoms with Gasteiger partial charge in [0.1, 0.15) is 13.2 Å². The lowest BCUT2D eigenvalue weighted by Crippen LogP contribution is -2.13. The second kappa shape index (κ2) is 31.9. The van der Waals surface area contributed by atoms with Crippen LogP contribution >= 0.6 is 0 Å². The Morgan fingerprint density at radius 1 is 0.471 bits per heavy atom. The molecule has 0 saturated carbocycles. The Balaban J connectivity index is 0. The van der Waals surface area contributed by atoms with Crippen molar-refractivity contribution in [2.75, 3.05) is 26.4 Å². The van der Waals surface area contributed by atoms with Crippen molar-refractivity contribution in [1.82, 2.24) is 0 Å². The highest BCUT2D eigenvalue weighted by Gasteiger charge is 2.05. The van der Waals surface area contributed by atoms with Crippen molar-refractivity contribution in [3.63, 3.8) is 0 Å². The Labute approximate surface area is 210 Å². The highest BCUT2D eigenvalue weighted by atomic mass is 16.6. The number of carbonyl (C=O) groups is 2. The number of unbranched alkanes of at least 4 members (excludes halogenated alkanes) is 16. The summed E-state index contributed by atoms with van der Waals surface area (Å²) in [6.45, 7) is 4.59. The van der Waals surface area contributed by atoms with E-state index in [0.29, 0.717) is 12.8 Å². The molecule has 0 fully saturated rings. The average Bonchev–Trinajstić information content (AvgIpc) is 2.84. The van der Waals surface area contributed by atoms with E-state index in [2.05, 4.69) is 13.8 Å². The zero-order valence-electron chi connectivity index (χ0n) is 22.5. The van der Waals surface area contributed by atoms with Gasteiger partial charge < -0.3 is 19.7 Å². The molecule has 0 unspecified atom stereocenters. The molecule has 6 nitrogen and oxygen atoms in total. The van der Waals surface area contributed by atoms with Crippen LogP contribution in [0.3, 0.4) is 0 Å². The van der Waals surface area contributed by atoms with Crippen LogP contribution in [-0.2, 0) is 19.1 Å². The summed E-state index contributed by atoms with van der Waals surface area (Å²) in [4.78, 5) is 23.4. The van der Waals surface area contributed by atoms with E-state index in [1.54, 1.807) is 0 Å². The van der Waals surface area contributed by atoms with E-state index >= 15 is 0 Å². The SMILES string of the molecule is CCCCCCCCCCCC(=O)OCCOC(=O)CCCCCCCCCCC.OCCO. The molecule has 0 aromatic heterocycles. The van der Waals surface area contributed by atoms with E-state index in [4.69, 9.17) is 19.7 Å². The molecule has 0 saturated heterocycles. The van der Waals surface area contributed by atoms with Gasteiger partial charge >= 0.3 is 11.9 Å². The second-order valence-electron chi connectivity index (χ2n) is 9.05. The van der Waals surface area contributed by atoms with Crippen molar-refractivity contribution in [3.8, 4) is 0 Å². The lowest BCUT2D eigenvalue weighted by Gasteiger charge is -2.07. The monoisotopic (exact) mass is 488 g/mol. The Kier molecular flexibility index (Phi) is 32.8. The predicted octanol–water partition coefficient (Wildman–Crippen LogP) is 6.89. The molecule has 34 heavy (non-hydrogen) atoms. The Hall–Kier alpha value is -1.14. The molecule has 0 aromatic rings. The Morgan fingerprint density at radius 2 is 0.735 bits per heavy atom. The maximum atomic E-state index is 11.7. The third kappa shape index (κ3) is 33.0. The first-order valence-corrected chi connectivity index (χ1v) is 14.1. The predicted molar refractivity (Wildman–Crippen MR) is 140 cm³/mol. The molecular formula is C28H56O6. The van der Waals surface area contributed by atoms with Crippen LogP contribution in [0.1, 0.15) is 142 Å². The van der Waals surface area contributed by atoms with E-state index in [0.717, 1.165) is 25.7 Å². The number of aliphatic hydroxyl groups is 2. The zero-order chi connectivity index (χ0) is 25.5. The van der Waals surface area contributed by atoms with Crippen molar-refractivity contribution in [3.05, 3.63) is 0 Å². The molecule has 0 aliphatic heterocycles. The number of carbonyl (C=O) groups excluding carboxylic acids is 2. The van der Waals surface area contributed by atoms with Crippen LogP contribution in [0, 0.1) is 0 Å². The fourth-order valence-electron chi connectivity index (χ4n) is 3.62. The van der Waals surface area contributed by atoms with Gasteiger partial charge in [0.25, 0.3) is 0 Å². The maximum Gasteiger partial charge on any atom is 0.305 e. The summed E-state index contributed by atoms with van der Waals surface area (Å²) in [6, 6.07) is 0. The molecule has 0 bridgehead atoms. The summed E-state index contributed by atoms with van der Waals surface area (Å²) in [5.74, 6) is -0.346. The van der Waals surface area contributed by atoms with Crippen LogP contribution in [-0.4, -0.2) is 48.6 Å². The first kappa shape index (κ1) is 35.0. The van der Waals surface area contributed by atoms with Crippen molar-refractivity contribution in [1.29, 1.82) is 0 Å². The van der Waals surface area contributed by atoms with Gasteiger partial charge in [-0.2, -0.15) is 0 Å². The highest BCUT2D eigenvalue weighted by molar-refractivity contribution is 5.70. The minimum absolute atomic E-state index is 0.125. The van der Waals surface area contributed by atoms with Gasteiger partial charge in [0.15, 0.2) is 0 Å². The summed E-state index contributed by atoms with van der Waals surface area (Å²) < 4.78 is 10.3. The lowest BCUT2D eigenvalue weighted by molar-refractivity contribution is -0.152. The van der Waals surface area contributed by atoms with Crippen LogP contribution < -0.4 is 0 Å². The van der Waals surface area contributed by atoms with Crippen LogP contribution in [0.2, 0.25) is 0 Å². The van der Waals surface area contributed by atoms with Gasteiger partial charge in [0.05, 0.1) is 13.2 Å². The van der Waals surface area contributed by atoms with E-state index in [1.807, 2.05) is 0 Å². The third-order valence-electron chi connectivity index (χ3n) is 5.68. The fourth-order valence-corrected chi connectivity index (χ4v) is 3.62. The minimum Gasteiger partial charge on any atom is -0.462 e. The number of hydrogen-bond donors (Lipinski definition) is 2. The molecule has 6 heteroatoms. The number of aliphatic hydroxyl groups excluding tert-OH is 2. The minimum atomic E-state index is -0.173. The Bertz CT molecular complexity index is 376. The van der Waals surface area contributed by atoms with Crippen molar-refractivity contribution < 1.29 is 29.3 Å². The van der Waals surface area contributed by atoms with Crippen LogP contribution in [0.25, 0.3) is 0 Å². The van der Waals surface area contributed by atoms with Gasteiger partial charge in [0, 0.05) is 12.8 Å². The molecular weight excluding hydrogens is 432 g/mol. The van der Waals surface area contributed by atoms with Gasteiger partial charge in [0.2, 0.25) is 0 Å². The maximum absolute atomic E-state index is 11.7. The standard InChI is InChI=1S/C26H50O4.C2H6O2/c1-3-5-7-9-11-13-15-17-19-21-25(27)29-23-24-30-26(28)22-20-18-16-14-12-10-8-6-4-2;3-1-2-4/h3-24H2,1-2H3;3-4H,1-2H2. The molecule has 0 spiro atoms. The topological polar surface area (TPSA) is 93.1 Å². The normalized spacial score (nSPS) is 10.5. The van der Waals surface area contributed by atoms with Crippen molar-refractivity contribution in [2.45, 2.75) is 142 Å². The number of rotatable bonds is 24. The summed E-state index contributed by atoms with van der Waals surface area (Å²) >= 11 is 0. The quantitative estimate of drug-likeness (QED) is 0.114. The summed E-state index contributed by atoms with van der Waals surface area (Å²) in [5, 5.41) is 15.2. The molecule has 0 rings (SSSR count). The van der Waals surface area contributed by atoms with Gasteiger partial charge in [-0.3, -0.25) is 9.59 Å². The first-order chi connectivity index (χ1) is 16.6. The van der Waals surface area contributed by atoms with E-state index in [1.165, 1.54) is 89.9 Å². The van der Waals surface area contributed by atoms with E-state index in [9.17, 15) is 9.59 Å². The van der Waals surface area contributed by atoms with Crippen molar-refractivity contribution in [2.24, 2.45) is 0 Å². The third-order valence-corrected chi connectivity index (χ3v) is 5.68. The summed E-state index contributed by atoms with van der Waals surface area (Å²) in [5.41, 5.74) is 0. The van der Waals surface area contributed by atoms with Crippen molar-refractivity contribution >= 4 is 11.9 Å². The molecule has 0 heterocycles. The smallest absolute Gasteiger partial charge is 0.305 e. The molecule has 0 aliphatic carbocycles. The van der Waals surface area contributed by atoms with Gasteiger partial charge in [-0.25, -0.2) is 0 Å². The second-order valence-corrected chi connectivity index (χ2v) is 9.05. The van der Waals surface area contributed by atoms with Crippen LogP contribution in [0.4, 0.5) is 0 Å². The molecule has 0 aliphatic rings. The summed E-state index contributed by atoms with van der Waals surface area (Å²) in [6.07, 6.45) is 23.2. The largest absolute Gasteiger partial charge is 0.462 e. The Morgan fingerprint density at radius 3 is 1.00 bits per heavy atom. The summed E-state index contributed by atoms with van der Waals surface area (Å²) in [7, 11) is 0. The van der Waals surface area contributed by atoms with Gasteiger partial charge in [-0.05, 0) is 12.8 Å². The van der Waals surface area contributed by atoms with Gasteiger partial charge in [-0.15, -0.1) is 0 Å². The lowest BCUT2D eigenvalue weighted by atomic mass is 10.1. The highest BCUT2D eigenvalue weighted by Crippen LogP contribution is 2.12. The van der Waals surface area contributed by atoms with Crippen LogP contribution in [0.5, 0.6) is 0 Å². The first-order valence-electron chi connectivity index (χ1n) is 14.1. The van der Waals surface area contributed by atoms with Gasteiger partial charge in [-0.1, -0.05) is 117 Å². The average molecular weight is 489 g/mol. The molecule has 204 valence electrons. The van der Waals surface area contributed by atoms with E-state index in [-0.39, 0.29) is 38.4 Å². The molecule has 0 amide bonds. The number of hydrogen-bond acceptors (Lipinski definition) is 6.